The first-order valence-electron chi connectivity index (χ1n) is 4.63. The maximum absolute atomic E-state index is 3.36. The van der Waals surface area contributed by atoms with Crippen molar-refractivity contribution in [3.63, 3.8) is 0 Å². The van der Waals surface area contributed by atoms with Gasteiger partial charge in [-0.3, -0.25) is 0 Å². The van der Waals surface area contributed by atoms with E-state index in [1.807, 2.05) is 0 Å². The number of unbranched alkanes of at least 4 members (excludes halogenated alkanes) is 1. The lowest BCUT2D eigenvalue weighted by Crippen LogP contribution is -2.19. The summed E-state index contributed by atoms with van der Waals surface area (Å²) >= 11 is 0. The Hall–Kier alpha value is -0.300. The van der Waals surface area contributed by atoms with Crippen LogP contribution in [-0.4, -0.2) is 13.1 Å². The Kier molecular flexibility index (Phi) is 7.59. The van der Waals surface area contributed by atoms with Crippen LogP contribution in [0, 0.1) is 5.92 Å². The van der Waals surface area contributed by atoms with Crippen molar-refractivity contribution in [3.05, 3.63) is 12.2 Å². The summed E-state index contributed by atoms with van der Waals surface area (Å²) in [4.78, 5) is 0. The molecule has 0 unspecified atom stereocenters. The zero-order chi connectivity index (χ0) is 8.53. The largest absolute Gasteiger partial charge is 0.313 e. The highest BCUT2D eigenvalue weighted by Crippen LogP contribution is 1.88. The molecule has 0 radical (unpaired) electrons. The topological polar surface area (TPSA) is 12.0 Å². The van der Waals surface area contributed by atoms with Crippen LogP contribution in [0.2, 0.25) is 0 Å². The number of hydrogen-bond acceptors (Lipinski definition) is 1. The lowest BCUT2D eigenvalue weighted by atomic mass is 10.2. The van der Waals surface area contributed by atoms with Gasteiger partial charge >= 0.3 is 0 Å². The first-order valence-corrected chi connectivity index (χ1v) is 4.63. The van der Waals surface area contributed by atoms with Crippen LogP contribution in [0.1, 0.15) is 33.6 Å². The standard InChI is InChI=1S/C10H21N/c1-4-5-6-7-8-11-9-10(2)3/h6-7,10-11H,4-5,8-9H2,1-3H3/b7-6-. The molecule has 0 aliphatic rings. The van der Waals surface area contributed by atoms with Crippen LogP contribution in [0.25, 0.3) is 0 Å². The monoisotopic (exact) mass is 155 g/mol. The molecule has 0 amide bonds. The molecule has 11 heavy (non-hydrogen) atoms. The minimum absolute atomic E-state index is 0.759. The molecule has 1 nitrogen and oxygen atoms in total. The third kappa shape index (κ3) is 9.70. The van der Waals surface area contributed by atoms with Crippen LogP contribution < -0.4 is 5.32 Å². The van der Waals surface area contributed by atoms with Gasteiger partial charge in [0.15, 0.2) is 0 Å². The molecule has 0 bridgehead atoms. The van der Waals surface area contributed by atoms with E-state index < -0.39 is 0 Å². The lowest BCUT2D eigenvalue weighted by Gasteiger charge is -2.03. The quantitative estimate of drug-likeness (QED) is 0.459. The van der Waals surface area contributed by atoms with Crippen LogP contribution in [-0.2, 0) is 0 Å². The summed E-state index contributed by atoms with van der Waals surface area (Å²) in [5.74, 6) is 0.759. The van der Waals surface area contributed by atoms with Crippen LogP contribution in [0.3, 0.4) is 0 Å². The lowest BCUT2D eigenvalue weighted by molar-refractivity contribution is 0.576. The molecule has 0 aliphatic heterocycles. The zero-order valence-electron chi connectivity index (χ0n) is 8.06. The average Bonchev–Trinajstić information content (AvgIpc) is 1.96. The van der Waals surface area contributed by atoms with Gasteiger partial charge in [0.2, 0.25) is 0 Å². The molecule has 0 saturated carbocycles. The van der Waals surface area contributed by atoms with Crippen LogP contribution in [0.5, 0.6) is 0 Å². The Bertz CT molecular complexity index is 95.0. The van der Waals surface area contributed by atoms with Crippen molar-refractivity contribution >= 4 is 0 Å². The number of allylic oxidation sites excluding steroid dienone is 1. The van der Waals surface area contributed by atoms with Gasteiger partial charge in [0.25, 0.3) is 0 Å². The molecule has 1 heteroatoms. The average molecular weight is 155 g/mol. The van der Waals surface area contributed by atoms with E-state index in [0.717, 1.165) is 19.0 Å². The molecular weight excluding hydrogens is 134 g/mol. The molecule has 66 valence electrons. The summed E-state index contributed by atoms with van der Waals surface area (Å²) in [6, 6.07) is 0. The summed E-state index contributed by atoms with van der Waals surface area (Å²) in [6.45, 7) is 8.80. The number of hydrogen-bond donors (Lipinski definition) is 1. The van der Waals surface area contributed by atoms with Gasteiger partial charge in [-0.1, -0.05) is 39.3 Å². The van der Waals surface area contributed by atoms with E-state index in [4.69, 9.17) is 0 Å². The third-order valence-electron chi connectivity index (χ3n) is 1.44. The van der Waals surface area contributed by atoms with Crippen molar-refractivity contribution in [2.24, 2.45) is 5.92 Å². The maximum Gasteiger partial charge on any atom is 0.0135 e. The fourth-order valence-electron chi connectivity index (χ4n) is 0.823. The van der Waals surface area contributed by atoms with Crippen LogP contribution in [0.4, 0.5) is 0 Å². The first-order chi connectivity index (χ1) is 5.27. The summed E-state index contributed by atoms with van der Waals surface area (Å²) in [5.41, 5.74) is 0. The molecule has 1 N–H and O–H groups in total. The molecule has 0 spiro atoms. The highest BCUT2D eigenvalue weighted by Gasteiger charge is 1.88. The number of nitrogens with one attached hydrogen (secondary N) is 1. The normalized spacial score (nSPS) is 11.6. The highest BCUT2D eigenvalue weighted by molar-refractivity contribution is 4.83. The Morgan fingerprint density at radius 1 is 1.27 bits per heavy atom. The zero-order valence-corrected chi connectivity index (χ0v) is 8.06. The maximum atomic E-state index is 3.36. The minimum atomic E-state index is 0.759. The molecular formula is C10H21N. The van der Waals surface area contributed by atoms with Gasteiger partial charge in [0.1, 0.15) is 0 Å². The Labute approximate surface area is 70.9 Å². The Morgan fingerprint density at radius 3 is 2.55 bits per heavy atom. The van der Waals surface area contributed by atoms with Crippen molar-refractivity contribution in [1.29, 1.82) is 0 Å². The van der Waals surface area contributed by atoms with E-state index in [1.165, 1.54) is 12.8 Å². The molecule has 0 atom stereocenters. The molecule has 0 aliphatic carbocycles. The summed E-state index contributed by atoms with van der Waals surface area (Å²) in [6.07, 6.45) is 6.92. The van der Waals surface area contributed by atoms with Crippen molar-refractivity contribution < 1.29 is 0 Å². The first kappa shape index (κ1) is 10.7. The van der Waals surface area contributed by atoms with Gasteiger partial charge in [0.05, 0.1) is 0 Å². The predicted octanol–water partition coefficient (Wildman–Crippen LogP) is 2.59. The van der Waals surface area contributed by atoms with Gasteiger partial charge in [0, 0.05) is 6.54 Å². The Morgan fingerprint density at radius 2 is 2.00 bits per heavy atom. The van der Waals surface area contributed by atoms with Crippen molar-refractivity contribution in [1.82, 2.24) is 5.32 Å². The van der Waals surface area contributed by atoms with Crippen molar-refractivity contribution in [3.8, 4) is 0 Å². The van der Waals surface area contributed by atoms with Gasteiger partial charge in [-0.25, -0.2) is 0 Å². The second kappa shape index (κ2) is 7.80. The van der Waals surface area contributed by atoms with Crippen LogP contribution in [0.15, 0.2) is 12.2 Å². The van der Waals surface area contributed by atoms with Gasteiger partial charge in [-0.2, -0.15) is 0 Å². The van der Waals surface area contributed by atoms with Gasteiger partial charge < -0.3 is 5.32 Å². The molecule has 0 aromatic rings. The smallest absolute Gasteiger partial charge is 0.0135 e. The molecule has 0 aromatic heterocycles. The SMILES string of the molecule is CCC/C=C\CNCC(C)C. The predicted molar refractivity (Wildman–Crippen MR) is 51.8 cm³/mol. The number of rotatable bonds is 6. The van der Waals surface area contributed by atoms with E-state index in [-0.39, 0.29) is 0 Å². The van der Waals surface area contributed by atoms with E-state index in [0.29, 0.717) is 0 Å². The molecule has 0 aromatic carbocycles. The van der Waals surface area contributed by atoms with Gasteiger partial charge in [-0.15, -0.1) is 0 Å². The second-order valence-electron chi connectivity index (χ2n) is 3.31. The van der Waals surface area contributed by atoms with E-state index >= 15 is 0 Å². The highest BCUT2D eigenvalue weighted by atomic mass is 14.8. The minimum Gasteiger partial charge on any atom is -0.313 e. The molecule has 0 rings (SSSR count). The second-order valence-corrected chi connectivity index (χ2v) is 3.31. The fraction of sp³-hybridized carbons (Fsp3) is 0.800. The van der Waals surface area contributed by atoms with Crippen molar-refractivity contribution in [2.75, 3.05) is 13.1 Å². The summed E-state index contributed by atoms with van der Waals surface area (Å²) in [5, 5.41) is 3.36. The van der Waals surface area contributed by atoms with Gasteiger partial charge in [-0.05, 0) is 18.9 Å². The van der Waals surface area contributed by atoms with Crippen LogP contribution >= 0.6 is 0 Å². The molecule has 0 fully saturated rings. The molecule has 0 heterocycles. The van der Waals surface area contributed by atoms with Crippen molar-refractivity contribution in [2.45, 2.75) is 33.6 Å². The molecule has 0 saturated heterocycles. The van der Waals surface area contributed by atoms with E-state index in [1.54, 1.807) is 0 Å². The fourth-order valence-corrected chi connectivity index (χ4v) is 0.823. The third-order valence-corrected chi connectivity index (χ3v) is 1.44. The Balaban J connectivity index is 3.01. The van der Waals surface area contributed by atoms with E-state index in [2.05, 4.69) is 38.2 Å². The summed E-state index contributed by atoms with van der Waals surface area (Å²) in [7, 11) is 0. The summed E-state index contributed by atoms with van der Waals surface area (Å²) < 4.78 is 0. The van der Waals surface area contributed by atoms with E-state index in [9.17, 15) is 0 Å².